The molecule has 3 rings (SSSR count). The number of hydrogen-bond acceptors (Lipinski definition) is 2. The maximum absolute atomic E-state index is 13.7. The second-order valence-corrected chi connectivity index (χ2v) is 4.16. The van der Waals surface area contributed by atoms with Gasteiger partial charge in [0.2, 0.25) is 0 Å². The molecule has 0 aliphatic rings. The first kappa shape index (κ1) is 11.4. The van der Waals surface area contributed by atoms with Crippen molar-refractivity contribution < 1.29 is 9.18 Å². The van der Waals surface area contributed by atoms with Crippen LogP contribution in [0.25, 0.3) is 22.4 Å². The molecule has 0 aliphatic carbocycles. The van der Waals surface area contributed by atoms with Crippen LogP contribution in [0.15, 0.2) is 42.5 Å². The van der Waals surface area contributed by atoms with Gasteiger partial charge in [0.1, 0.15) is 11.6 Å². The Labute approximate surface area is 108 Å². The van der Waals surface area contributed by atoms with E-state index in [0.717, 1.165) is 11.0 Å². The van der Waals surface area contributed by atoms with Gasteiger partial charge in [0.25, 0.3) is 5.91 Å². The molecule has 3 N–H and O–H groups in total. The number of carbonyl (C=O) groups is 1. The average Bonchev–Trinajstić information content (AvgIpc) is 2.81. The Kier molecular flexibility index (Phi) is 2.52. The lowest BCUT2D eigenvalue weighted by Crippen LogP contribution is -2.12. The van der Waals surface area contributed by atoms with E-state index in [1.54, 1.807) is 6.07 Å². The van der Waals surface area contributed by atoms with Crippen LogP contribution in [0, 0.1) is 5.82 Å². The third-order valence-electron chi connectivity index (χ3n) is 2.90. The normalized spacial score (nSPS) is 10.8. The summed E-state index contributed by atoms with van der Waals surface area (Å²) in [6.07, 6.45) is 0. The van der Waals surface area contributed by atoms with Crippen LogP contribution in [0.1, 0.15) is 10.4 Å². The van der Waals surface area contributed by atoms with Crippen LogP contribution >= 0.6 is 0 Å². The monoisotopic (exact) mass is 255 g/mol. The summed E-state index contributed by atoms with van der Waals surface area (Å²) in [5.41, 5.74) is 7.18. The molecule has 19 heavy (non-hydrogen) atoms. The Hall–Kier alpha value is -2.69. The van der Waals surface area contributed by atoms with Gasteiger partial charge in [0.15, 0.2) is 0 Å². The van der Waals surface area contributed by atoms with Crippen LogP contribution in [0.3, 0.4) is 0 Å². The number of carbonyl (C=O) groups excluding carboxylic acids is 1. The highest BCUT2D eigenvalue weighted by Crippen LogP contribution is 2.22. The number of amides is 1. The summed E-state index contributed by atoms with van der Waals surface area (Å²) in [6.45, 7) is 0. The summed E-state index contributed by atoms with van der Waals surface area (Å²) >= 11 is 0. The lowest BCUT2D eigenvalue weighted by molar-refractivity contribution is 0.0996. The van der Waals surface area contributed by atoms with Gasteiger partial charge < -0.3 is 10.7 Å². The Morgan fingerprint density at radius 1 is 1.21 bits per heavy atom. The van der Waals surface area contributed by atoms with Crippen LogP contribution in [0.5, 0.6) is 0 Å². The van der Waals surface area contributed by atoms with Crippen molar-refractivity contribution in [3.63, 3.8) is 0 Å². The van der Waals surface area contributed by atoms with Crippen molar-refractivity contribution in [3.05, 3.63) is 53.8 Å². The van der Waals surface area contributed by atoms with E-state index in [1.807, 2.05) is 24.3 Å². The molecule has 0 spiro atoms. The van der Waals surface area contributed by atoms with Gasteiger partial charge >= 0.3 is 0 Å². The van der Waals surface area contributed by atoms with Gasteiger partial charge in [-0.05, 0) is 24.3 Å². The minimum atomic E-state index is -0.784. The zero-order valence-electron chi connectivity index (χ0n) is 9.85. The molecular weight excluding hydrogens is 245 g/mol. The number of rotatable bonds is 2. The Balaban J connectivity index is 2.11. The highest BCUT2D eigenvalue weighted by atomic mass is 19.1. The van der Waals surface area contributed by atoms with E-state index in [0.29, 0.717) is 11.4 Å². The fraction of sp³-hybridized carbons (Fsp3) is 0. The predicted octanol–water partition coefficient (Wildman–Crippen LogP) is 2.47. The van der Waals surface area contributed by atoms with Gasteiger partial charge in [0, 0.05) is 5.56 Å². The Bertz CT molecular complexity index is 746. The molecule has 3 aromatic rings. The van der Waals surface area contributed by atoms with Crippen molar-refractivity contribution in [2.75, 3.05) is 0 Å². The third kappa shape index (κ3) is 1.95. The van der Waals surface area contributed by atoms with E-state index in [2.05, 4.69) is 9.97 Å². The molecule has 0 fully saturated rings. The first-order valence-corrected chi connectivity index (χ1v) is 5.69. The topological polar surface area (TPSA) is 71.8 Å². The molecule has 1 aromatic heterocycles. The molecule has 0 bridgehead atoms. The number of para-hydroxylation sites is 2. The molecular formula is C14H10FN3O. The van der Waals surface area contributed by atoms with Crippen LogP contribution in [-0.4, -0.2) is 15.9 Å². The fourth-order valence-corrected chi connectivity index (χ4v) is 1.95. The number of nitrogens with one attached hydrogen (secondary N) is 1. The van der Waals surface area contributed by atoms with E-state index in [1.165, 1.54) is 12.1 Å². The lowest BCUT2D eigenvalue weighted by atomic mass is 10.1. The molecule has 1 amide bonds. The van der Waals surface area contributed by atoms with Crippen molar-refractivity contribution in [2.45, 2.75) is 0 Å². The van der Waals surface area contributed by atoms with Crippen molar-refractivity contribution in [1.29, 1.82) is 0 Å². The number of halogens is 1. The molecule has 0 radical (unpaired) electrons. The second kappa shape index (κ2) is 4.20. The van der Waals surface area contributed by atoms with Crippen molar-refractivity contribution in [1.82, 2.24) is 9.97 Å². The standard InChI is InChI=1S/C14H10FN3O/c15-10-7-8(5-6-9(10)13(16)19)14-17-11-3-1-2-4-12(11)18-14/h1-7H,(H2,16,19)(H,17,18). The van der Waals surface area contributed by atoms with Crippen LogP contribution in [0.4, 0.5) is 4.39 Å². The number of aromatic nitrogens is 2. The number of benzene rings is 2. The number of aromatic amines is 1. The van der Waals surface area contributed by atoms with Gasteiger partial charge in [0.05, 0.1) is 16.6 Å². The maximum atomic E-state index is 13.7. The van der Waals surface area contributed by atoms with E-state index < -0.39 is 11.7 Å². The van der Waals surface area contributed by atoms with E-state index in [9.17, 15) is 9.18 Å². The van der Waals surface area contributed by atoms with Crippen LogP contribution in [-0.2, 0) is 0 Å². The molecule has 94 valence electrons. The first-order valence-electron chi connectivity index (χ1n) is 5.69. The molecule has 2 aromatic carbocycles. The minimum Gasteiger partial charge on any atom is -0.366 e. The molecule has 0 unspecified atom stereocenters. The van der Waals surface area contributed by atoms with E-state index >= 15 is 0 Å². The molecule has 0 saturated carbocycles. The highest BCUT2D eigenvalue weighted by Gasteiger charge is 2.11. The number of H-pyrrole nitrogens is 1. The van der Waals surface area contributed by atoms with Gasteiger partial charge in [-0.3, -0.25) is 4.79 Å². The second-order valence-electron chi connectivity index (χ2n) is 4.16. The number of nitrogens with zero attached hydrogens (tertiary/aromatic N) is 1. The summed E-state index contributed by atoms with van der Waals surface area (Å²) in [4.78, 5) is 18.4. The maximum Gasteiger partial charge on any atom is 0.251 e. The quantitative estimate of drug-likeness (QED) is 0.738. The number of imidazole rings is 1. The summed E-state index contributed by atoms with van der Waals surface area (Å²) in [5.74, 6) is -0.879. The molecule has 4 nitrogen and oxygen atoms in total. The Morgan fingerprint density at radius 3 is 2.68 bits per heavy atom. The predicted molar refractivity (Wildman–Crippen MR) is 70.0 cm³/mol. The Morgan fingerprint density at radius 2 is 2.00 bits per heavy atom. The lowest BCUT2D eigenvalue weighted by Gasteiger charge is -2.01. The number of primary amides is 1. The van der Waals surface area contributed by atoms with Crippen LogP contribution < -0.4 is 5.73 Å². The average molecular weight is 255 g/mol. The minimum absolute atomic E-state index is 0.125. The third-order valence-corrected chi connectivity index (χ3v) is 2.90. The summed E-state index contributed by atoms with van der Waals surface area (Å²) in [5, 5.41) is 0. The van der Waals surface area contributed by atoms with Crippen molar-refractivity contribution >= 4 is 16.9 Å². The SMILES string of the molecule is NC(=O)c1ccc(-c2nc3ccccc3[nH]2)cc1F. The summed E-state index contributed by atoms with van der Waals surface area (Å²) < 4.78 is 13.7. The number of nitrogens with two attached hydrogens (primary N) is 1. The molecule has 0 saturated heterocycles. The largest absolute Gasteiger partial charge is 0.366 e. The highest BCUT2D eigenvalue weighted by molar-refractivity contribution is 5.93. The summed E-state index contributed by atoms with van der Waals surface area (Å²) in [7, 11) is 0. The van der Waals surface area contributed by atoms with Gasteiger partial charge in [-0.1, -0.05) is 18.2 Å². The molecule has 0 atom stereocenters. The molecule has 5 heteroatoms. The zero-order valence-corrected chi connectivity index (χ0v) is 9.85. The number of hydrogen-bond donors (Lipinski definition) is 2. The van der Waals surface area contributed by atoms with E-state index in [4.69, 9.17) is 5.73 Å². The van der Waals surface area contributed by atoms with Gasteiger partial charge in [-0.2, -0.15) is 0 Å². The van der Waals surface area contributed by atoms with Crippen LogP contribution in [0.2, 0.25) is 0 Å². The molecule has 0 aliphatic heterocycles. The van der Waals surface area contributed by atoms with Gasteiger partial charge in [-0.15, -0.1) is 0 Å². The molecule has 1 heterocycles. The summed E-state index contributed by atoms with van der Waals surface area (Å²) in [6, 6.07) is 11.7. The van der Waals surface area contributed by atoms with Gasteiger partial charge in [-0.25, -0.2) is 9.37 Å². The fourth-order valence-electron chi connectivity index (χ4n) is 1.95. The smallest absolute Gasteiger partial charge is 0.251 e. The first-order chi connectivity index (χ1) is 9.15. The zero-order chi connectivity index (χ0) is 13.4. The number of fused-ring (bicyclic) bond motifs is 1. The van der Waals surface area contributed by atoms with Crippen molar-refractivity contribution in [3.8, 4) is 11.4 Å². The van der Waals surface area contributed by atoms with E-state index in [-0.39, 0.29) is 5.56 Å². The van der Waals surface area contributed by atoms with Crippen molar-refractivity contribution in [2.24, 2.45) is 5.73 Å².